The fourth-order valence-electron chi connectivity index (χ4n) is 7.43. The lowest BCUT2D eigenvalue weighted by molar-refractivity contribution is -0.148. The third-order valence-electron chi connectivity index (χ3n) is 9.79. The molecule has 0 bridgehead atoms. The van der Waals surface area contributed by atoms with Crippen LogP contribution in [-0.4, -0.2) is 70.2 Å². The summed E-state index contributed by atoms with van der Waals surface area (Å²) in [6, 6.07) is 43.6. The fraction of sp³-hybridized carbons (Fsp3) is 0.214. The summed E-state index contributed by atoms with van der Waals surface area (Å²) in [5.41, 5.74) is 7.22. The van der Waals surface area contributed by atoms with Crippen molar-refractivity contribution in [3.05, 3.63) is 167 Å². The molecule has 258 valence electrons. The molecule has 2 amide bonds. The van der Waals surface area contributed by atoms with Crippen LogP contribution >= 0.6 is 11.8 Å². The molecule has 0 unspecified atom stereocenters. The topological polar surface area (TPSA) is 116 Å². The van der Waals surface area contributed by atoms with Crippen LogP contribution in [0.4, 0.5) is 4.79 Å². The number of ether oxygens (including phenoxy) is 1. The third kappa shape index (κ3) is 6.74. The first-order chi connectivity index (χ1) is 24.9. The van der Waals surface area contributed by atoms with Gasteiger partial charge in [0, 0.05) is 24.6 Å². The Balaban J connectivity index is 1.20. The van der Waals surface area contributed by atoms with E-state index in [1.54, 1.807) is 0 Å². The number of hydrogen-bond donors (Lipinski definition) is 3. The lowest BCUT2D eigenvalue weighted by Gasteiger charge is -2.37. The van der Waals surface area contributed by atoms with Crippen LogP contribution in [0.1, 0.15) is 40.2 Å². The maximum Gasteiger partial charge on any atom is 0.407 e. The van der Waals surface area contributed by atoms with Crippen LogP contribution in [-0.2, 0) is 19.1 Å². The minimum Gasteiger partial charge on any atom is -0.480 e. The number of carbonyl (C=O) groups is 3. The number of β-amino-alcohol motifs (C(OH)–C–C–N with tert-alkyl or cyclic N) is 1. The third-order valence-corrected chi connectivity index (χ3v) is 11.4. The van der Waals surface area contributed by atoms with Crippen LogP contribution in [0.3, 0.4) is 0 Å². The Hall–Kier alpha value is -5.38. The van der Waals surface area contributed by atoms with E-state index in [0.717, 1.165) is 43.8 Å². The van der Waals surface area contributed by atoms with Crippen molar-refractivity contribution in [2.45, 2.75) is 35.3 Å². The average molecular weight is 699 g/mol. The van der Waals surface area contributed by atoms with Gasteiger partial charge in [0.1, 0.15) is 18.7 Å². The van der Waals surface area contributed by atoms with E-state index in [2.05, 4.69) is 17.4 Å². The smallest absolute Gasteiger partial charge is 0.407 e. The molecule has 5 aromatic rings. The van der Waals surface area contributed by atoms with Gasteiger partial charge in [0.2, 0.25) is 5.91 Å². The van der Waals surface area contributed by atoms with Crippen molar-refractivity contribution in [3.63, 3.8) is 0 Å². The highest BCUT2D eigenvalue weighted by Gasteiger charge is 2.44. The number of aliphatic hydroxyl groups excluding tert-OH is 1. The Kier molecular flexibility index (Phi) is 9.92. The van der Waals surface area contributed by atoms with Gasteiger partial charge in [-0.3, -0.25) is 4.79 Å². The number of fused-ring (bicyclic) bond motifs is 3. The molecule has 1 aliphatic heterocycles. The van der Waals surface area contributed by atoms with E-state index < -0.39 is 40.9 Å². The number of likely N-dealkylation sites (tertiary alicyclic amines) is 1. The Labute approximate surface area is 301 Å². The monoisotopic (exact) mass is 698 g/mol. The standard InChI is InChI=1S/C42H38N2O6S/c45-31-24-38(40(47)48)44(25-31)39(46)37(43-41(49)50-26-36-34-22-12-10-20-32(34)33-21-11-13-23-35(33)36)27-51-42(28-14-4-1-5-15-28,29-16-6-2-7-17-29)30-18-8-3-9-19-30/h1-23,31,36-38,45H,24-27H2,(H,43,49)(H,47,48)/t31-,37+,38+/m1/s1. The molecule has 1 saturated heterocycles. The van der Waals surface area contributed by atoms with Crippen molar-refractivity contribution in [2.24, 2.45) is 0 Å². The molecule has 9 heteroatoms. The summed E-state index contributed by atoms with van der Waals surface area (Å²) in [6.07, 6.45) is -1.87. The zero-order chi connectivity index (χ0) is 35.4. The van der Waals surface area contributed by atoms with Crippen LogP contribution in [0, 0.1) is 0 Å². The first kappa shape index (κ1) is 34.1. The number of amides is 2. The number of carboxylic acids is 1. The molecule has 51 heavy (non-hydrogen) atoms. The molecule has 0 saturated carbocycles. The highest BCUT2D eigenvalue weighted by atomic mass is 32.2. The summed E-state index contributed by atoms with van der Waals surface area (Å²) in [5, 5.41) is 23.2. The van der Waals surface area contributed by atoms with Gasteiger partial charge in [-0.1, -0.05) is 140 Å². The van der Waals surface area contributed by atoms with Gasteiger partial charge < -0.3 is 25.2 Å². The zero-order valence-electron chi connectivity index (χ0n) is 27.8. The molecule has 0 spiro atoms. The number of nitrogens with one attached hydrogen (secondary N) is 1. The Morgan fingerprint density at radius 2 is 1.22 bits per heavy atom. The average Bonchev–Trinajstić information content (AvgIpc) is 3.73. The quantitative estimate of drug-likeness (QED) is 0.132. The summed E-state index contributed by atoms with van der Waals surface area (Å²) >= 11 is 1.47. The predicted octanol–water partition coefficient (Wildman–Crippen LogP) is 6.67. The molecule has 2 aliphatic rings. The van der Waals surface area contributed by atoms with Crippen molar-refractivity contribution < 1.29 is 29.3 Å². The molecule has 0 radical (unpaired) electrons. The molecular weight excluding hydrogens is 661 g/mol. The van der Waals surface area contributed by atoms with Gasteiger partial charge in [-0.25, -0.2) is 9.59 Å². The van der Waals surface area contributed by atoms with Crippen LogP contribution in [0.25, 0.3) is 11.1 Å². The lowest BCUT2D eigenvalue weighted by Crippen LogP contribution is -2.53. The summed E-state index contributed by atoms with van der Waals surface area (Å²) < 4.78 is 5.06. The molecule has 5 aromatic carbocycles. The molecule has 8 nitrogen and oxygen atoms in total. The number of carboxylic acid groups (broad SMARTS) is 1. The van der Waals surface area contributed by atoms with E-state index in [9.17, 15) is 24.6 Å². The van der Waals surface area contributed by atoms with E-state index in [1.165, 1.54) is 11.8 Å². The maximum atomic E-state index is 14.3. The van der Waals surface area contributed by atoms with Gasteiger partial charge in [-0.2, -0.15) is 0 Å². The molecule has 7 rings (SSSR count). The van der Waals surface area contributed by atoms with Crippen LogP contribution in [0.2, 0.25) is 0 Å². The van der Waals surface area contributed by atoms with Gasteiger partial charge in [-0.05, 0) is 38.9 Å². The van der Waals surface area contributed by atoms with Crippen molar-refractivity contribution >= 4 is 29.7 Å². The second-order valence-corrected chi connectivity index (χ2v) is 14.1. The normalized spacial score (nSPS) is 17.3. The number of nitrogens with zero attached hydrogens (tertiary/aromatic N) is 1. The number of carbonyl (C=O) groups excluding carboxylic acids is 2. The number of aliphatic hydroxyl groups is 1. The van der Waals surface area contributed by atoms with Crippen molar-refractivity contribution in [3.8, 4) is 11.1 Å². The van der Waals surface area contributed by atoms with Gasteiger partial charge in [0.05, 0.1) is 10.9 Å². The molecule has 3 atom stereocenters. The molecule has 0 aromatic heterocycles. The lowest BCUT2D eigenvalue weighted by atomic mass is 9.84. The fourth-order valence-corrected chi connectivity index (χ4v) is 8.98. The molecule has 1 fully saturated rings. The number of rotatable bonds is 11. The van der Waals surface area contributed by atoms with Crippen LogP contribution in [0.5, 0.6) is 0 Å². The second kappa shape index (κ2) is 14.8. The number of aliphatic carboxylic acids is 1. The number of benzene rings is 5. The number of hydrogen-bond acceptors (Lipinski definition) is 6. The maximum absolute atomic E-state index is 14.3. The van der Waals surface area contributed by atoms with Crippen LogP contribution in [0.15, 0.2) is 140 Å². The van der Waals surface area contributed by atoms with E-state index in [0.29, 0.717) is 0 Å². The molecule has 3 N–H and O–H groups in total. The Bertz CT molecular complexity index is 1870. The SMILES string of the molecule is O=C(N[C@@H](CSC(c1ccccc1)(c1ccccc1)c1ccccc1)C(=O)N1C[C@H](O)C[C@H]1C(=O)O)OCC1c2ccccc2-c2ccccc21. The van der Waals surface area contributed by atoms with Crippen LogP contribution < -0.4 is 5.32 Å². The van der Waals surface area contributed by atoms with E-state index >= 15 is 0 Å². The van der Waals surface area contributed by atoms with Gasteiger partial charge in [0.15, 0.2) is 0 Å². The van der Waals surface area contributed by atoms with E-state index in [1.807, 2.05) is 127 Å². The zero-order valence-corrected chi connectivity index (χ0v) is 28.6. The van der Waals surface area contributed by atoms with Crippen molar-refractivity contribution in [2.75, 3.05) is 18.9 Å². The molecule has 1 heterocycles. The number of alkyl carbamates (subject to hydrolysis) is 1. The highest BCUT2D eigenvalue weighted by molar-refractivity contribution is 8.00. The summed E-state index contributed by atoms with van der Waals surface area (Å²) in [7, 11) is 0. The Morgan fingerprint density at radius 1 is 0.745 bits per heavy atom. The highest BCUT2D eigenvalue weighted by Crippen LogP contribution is 2.49. The summed E-state index contributed by atoms with van der Waals surface area (Å²) in [4.78, 5) is 41.4. The minimum atomic E-state index is -1.22. The van der Waals surface area contributed by atoms with Gasteiger partial charge >= 0.3 is 12.1 Å². The van der Waals surface area contributed by atoms with E-state index in [4.69, 9.17) is 4.74 Å². The summed E-state index contributed by atoms with van der Waals surface area (Å²) in [6.45, 7) is -0.0966. The first-order valence-electron chi connectivity index (χ1n) is 17.0. The minimum absolute atomic E-state index is 0.0517. The van der Waals surface area contributed by atoms with Gasteiger partial charge in [0.25, 0.3) is 0 Å². The predicted molar refractivity (Wildman–Crippen MR) is 197 cm³/mol. The second-order valence-electron chi connectivity index (χ2n) is 12.8. The van der Waals surface area contributed by atoms with Crippen molar-refractivity contribution in [1.82, 2.24) is 10.2 Å². The number of thioether (sulfide) groups is 1. The summed E-state index contributed by atoms with van der Waals surface area (Å²) in [5.74, 6) is -1.91. The van der Waals surface area contributed by atoms with Crippen molar-refractivity contribution in [1.29, 1.82) is 0 Å². The largest absolute Gasteiger partial charge is 0.480 e. The Morgan fingerprint density at radius 3 is 1.71 bits per heavy atom. The first-order valence-corrected chi connectivity index (χ1v) is 18.0. The van der Waals surface area contributed by atoms with Gasteiger partial charge in [-0.15, -0.1) is 11.8 Å². The molecule has 1 aliphatic carbocycles. The van der Waals surface area contributed by atoms with E-state index in [-0.39, 0.29) is 31.2 Å². The molecular formula is C42H38N2O6S.